The van der Waals surface area contributed by atoms with E-state index in [0.29, 0.717) is 17.0 Å². The van der Waals surface area contributed by atoms with E-state index in [1.54, 1.807) is 0 Å². The van der Waals surface area contributed by atoms with Gasteiger partial charge in [0, 0.05) is 17.0 Å². The van der Waals surface area contributed by atoms with E-state index in [1.165, 1.54) is 0 Å². The molecule has 3 N–H and O–H groups in total. The van der Waals surface area contributed by atoms with Crippen molar-refractivity contribution in [1.29, 1.82) is 0 Å². The van der Waals surface area contributed by atoms with Gasteiger partial charge in [-0.05, 0) is 24.8 Å². The summed E-state index contributed by atoms with van der Waals surface area (Å²) in [5.41, 5.74) is 6.03. The Labute approximate surface area is 125 Å². The number of hydrogen-bond acceptors (Lipinski definition) is 3. The van der Waals surface area contributed by atoms with Crippen molar-refractivity contribution in [2.45, 2.75) is 49.9 Å². The van der Waals surface area contributed by atoms with Crippen LogP contribution in [0.4, 0.5) is 0 Å². The normalized spacial score (nSPS) is 19.3. The third-order valence-electron chi connectivity index (χ3n) is 3.87. The standard InChI is InChI=1S/C16H24N2OS/c1-3-12(2)20-11-16(15(17)19,18-14-9-10-14)13-7-5-4-6-8-13/h4-8,12,14,18H,3,9-11H2,1-2H3,(H2,17,19). The van der Waals surface area contributed by atoms with Crippen molar-refractivity contribution in [3.05, 3.63) is 35.9 Å². The van der Waals surface area contributed by atoms with Gasteiger partial charge in [-0.25, -0.2) is 0 Å². The Morgan fingerprint density at radius 3 is 2.60 bits per heavy atom. The lowest BCUT2D eigenvalue weighted by Crippen LogP contribution is -2.55. The van der Waals surface area contributed by atoms with Crippen LogP contribution in [-0.4, -0.2) is 23.0 Å². The molecule has 2 rings (SSSR count). The van der Waals surface area contributed by atoms with E-state index in [9.17, 15) is 4.79 Å². The molecular formula is C16H24N2OS. The highest BCUT2D eigenvalue weighted by Gasteiger charge is 2.42. The minimum absolute atomic E-state index is 0.272. The Bertz CT molecular complexity index is 447. The summed E-state index contributed by atoms with van der Waals surface area (Å²) in [5, 5.41) is 4.03. The Balaban J connectivity index is 2.26. The number of primary amides is 1. The second-order valence-corrected chi connectivity index (χ2v) is 7.01. The van der Waals surface area contributed by atoms with Gasteiger partial charge in [-0.3, -0.25) is 10.1 Å². The second-order valence-electron chi connectivity index (χ2n) is 5.58. The number of rotatable bonds is 8. The summed E-state index contributed by atoms with van der Waals surface area (Å²) in [6.45, 7) is 4.36. The minimum Gasteiger partial charge on any atom is -0.368 e. The van der Waals surface area contributed by atoms with Gasteiger partial charge in [0.05, 0.1) is 0 Å². The first kappa shape index (κ1) is 15.4. The van der Waals surface area contributed by atoms with Crippen molar-refractivity contribution < 1.29 is 4.79 Å². The zero-order chi connectivity index (χ0) is 14.6. The first-order valence-corrected chi connectivity index (χ1v) is 8.38. The zero-order valence-electron chi connectivity index (χ0n) is 12.3. The Morgan fingerprint density at radius 2 is 2.10 bits per heavy atom. The maximum absolute atomic E-state index is 12.2. The van der Waals surface area contributed by atoms with Gasteiger partial charge in [0.2, 0.25) is 5.91 Å². The average Bonchev–Trinajstić information content (AvgIpc) is 3.27. The third kappa shape index (κ3) is 3.55. The molecule has 0 aliphatic heterocycles. The summed E-state index contributed by atoms with van der Waals surface area (Å²) in [5.74, 6) is 0.420. The third-order valence-corrected chi connectivity index (χ3v) is 5.38. The highest BCUT2D eigenvalue weighted by atomic mass is 32.2. The van der Waals surface area contributed by atoms with Crippen LogP contribution in [0, 0.1) is 0 Å². The SMILES string of the molecule is CCC(C)SCC(NC1CC1)(C(N)=O)c1ccccc1. The molecule has 110 valence electrons. The lowest BCUT2D eigenvalue weighted by Gasteiger charge is -2.33. The van der Waals surface area contributed by atoms with E-state index >= 15 is 0 Å². The van der Waals surface area contributed by atoms with Crippen molar-refractivity contribution in [3.8, 4) is 0 Å². The molecule has 1 aromatic carbocycles. The van der Waals surface area contributed by atoms with Gasteiger partial charge in [0.15, 0.2) is 0 Å². The molecule has 0 spiro atoms. The van der Waals surface area contributed by atoms with E-state index < -0.39 is 5.54 Å². The number of nitrogens with one attached hydrogen (secondary N) is 1. The van der Waals surface area contributed by atoms with Crippen molar-refractivity contribution in [2.24, 2.45) is 5.73 Å². The van der Waals surface area contributed by atoms with Crippen molar-refractivity contribution in [1.82, 2.24) is 5.32 Å². The maximum atomic E-state index is 12.2. The van der Waals surface area contributed by atoms with E-state index in [2.05, 4.69) is 19.2 Å². The van der Waals surface area contributed by atoms with Crippen LogP contribution in [0.2, 0.25) is 0 Å². The van der Waals surface area contributed by atoms with E-state index in [0.717, 1.165) is 24.8 Å². The monoisotopic (exact) mass is 292 g/mol. The van der Waals surface area contributed by atoms with Crippen LogP contribution in [0.25, 0.3) is 0 Å². The predicted octanol–water partition coefficient (Wildman–Crippen LogP) is 2.65. The van der Waals surface area contributed by atoms with E-state index in [1.807, 2.05) is 42.1 Å². The summed E-state index contributed by atoms with van der Waals surface area (Å²) in [6, 6.07) is 10.3. The summed E-state index contributed by atoms with van der Waals surface area (Å²) < 4.78 is 0. The molecule has 2 unspecified atom stereocenters. The van der Waals surface area contributed by atoms with Crippen LogP contribution in [0.15, 0.2) is 30.3 Å². The molecule has 1 saturated carbocycles. The molecule has 1 amide bonds. The predicted molar refractivity (Wildman–Crippen MR) is 85.7 cm³/mol. The number of amides is 1. The highest BCUT2D eigenvalue weighted by molar-refractivity contribution is 7.99. The van der Waals surface area contributed by atoms with Gasteiger partial charge in [0.25, 0.3) is 0 Å². The fourth-order valence-electron chi connectivity index (χ4n) is 2.18. The first-order chi connectivity index (χ1) is 9.58. The average molecular weight is 292 g/mol. The van der Waals surface area contributed by atoms with Crippen LogP contribution in [-0.2, 0) is 10.3 Å². The second kappa shape index (κ2) is 6.64. The number of nitrogens with two attached hydrogens (primary N) is 1. The van der Waals surface area contributed by atoms with Crippen LogP contribution in [0.5, 0.6) is 0 Å². The van der Waals surface area contributed by atoms with Gasteiger partial charge in [0.1, 0.15) is 5.54 Å². The van der Waals surface area contributed by atoms with Crippen molar-refractivity contribution in [2.75, 3.05) is 5.75 Å². The molecule has 0 radical (unpaired) electrons. The summed E-state index contributed by atoms with van der Waals surface area (Å²) in [7, 11) is 0. The molecule has 20 heavy (non-hydrogen) atoms. The van der Waals surface area contributed by atoms with Crippen molar-refractivity contribution >= 4 is 17.7 Å². The van der Waals surface area contributed by atoms with Crippen LogP contribution >= 0.6 is 11.8 Å². The molecular weight excluding hydrogens is 268 g/mol. The molecule has 3 nitrogen and oxygen atoms in total. The highest BCUT2D eigenvalue weighted by Crippen LogP contribution is 2.33. The van der Waals surface area contributed by atoms with Crippen LogP contribution in [0.1, 0.15) is 38.7 Å². The molecule has 0 bridgehead atoms. The number of thioether (sulfide) groups is 1. The fourth-order valence-corrected chi connectivity index (χ4v) is 3.34. The maximum Gasteiger partial charge on any atom is 0.243 e. The first-order valence-electron chi connectivity index (χ1n) is 7.33. The lowest BCUT2D eigenvalue weighted by atomic mass is 9.91. The molecule has 1 fully saturated rings. The number of hydrogen-bond donors (Lipinski definition) is 2. The van der Waals surface area contributed by atoms with E-state index in [4.69, 9.17) is 5.73 Å². The van der Waals surface area contributed by atoms with Gasteiger partial charge < -0.3 is 5.73 Å². The Kier molecular flexibility index (Phi) is 5.11. The molecule has 1 aromatic rings. The molecule has 2 atom stereocenters. The molecule has 0 saturated heterocycles. The Morgan fingerprint density at radius 1 is 1.45 bits per heavy atom. The number of benzene rings is 1. The van der Waals surface area contributed by atoms with Gasteiger partial charge in [-0.1, -0.05) is 44.2 Å². The number of carbonyl (C=O) groups is 1. The molecule has 1 aliphatic carbocycles. The summed E-state index contributed by atoms with van der Waals surface area (Å²) in [4.78, 5) is 12.2. The minimum atomic E-state index is -0.740. The van der Waals surface area contributed by atoms with Crippen molar-refractivity contribution in [3.63, 3.8) is 0 Å². The summed E-state index contributed by atoms with van der Waals surface area (Å²) >= 11 is 1.81. The summed E-state index contributed by atoms with van der Waals surface area (Å²) in [6.07, 6.45) is 3.36. The smallest absolute Gasteiger partial charge is 0.243 e. The topological polar surface area (TPSA) is 55.1 Å². The molecule has 4 heteroatoms. The quantitative estimate of drug-likeness (QED) is 0.774. The van der Waals surface area contributed by atoms with Crippen LogP contribution < -0.4 is 11.1 Å². The Hall–Kier alpha value is -1.00. The van der Waals surface area contributed by atoms with Gasteiger partial charge >= 0.3 is 0 Å². The van der Waals surface area contributed by atoms with E-state index in [-0.39, 0.29) is 5.91 Å². The number of carbonyl (C=O) groups excluding carboxylic acids is 1. The molecule has 1 aliphatic rings. The zero-order valence-corrected chi connectivity index (χ0v) is 13.1. The van der Waals surface area contributed by atoms with Crippen LogP contribution in [0.3, 0.4) is 0 Å². The lowest BCUT2D eigenvalue weighted by molar-refractivity contribution is -0.124. The van der Waals surface area contributed by atoms with Gasteiger partial charge in [-0.2, -0.15) is 11.8 Å². The fraction of sp³-hybridized carbons (Fsp3) is 0.562. The van der Waals surface area contributed by atoms with Gasteiger partial charge in [-0.15, -0.1) is 0 Å². The molecule has 0 heterocycles. The molecule has 0 aromatic heterocycles. The largest absolute Gasteiger partial charge is 0.368 e.